The summed E-state index contributed by atoms with van der Waals surface area (Å²) >= 11 is 0. The Kier molecular flexibility index (Phi) is 2.25. The summed E-state index contributed by atoms with van der Waals surface area (Å²) < 4.78 is 3.90. The van der Waals surface area contributed by atoms with E-state index in [9.17, 15) is 0 Å². The summed E-state index contributed by atoms with van der Waals surface area (Å²) in [6, 6.07) is 0. The summed E-state index contributed by atoms with van der Waals surface area (Å²) in [5.74, 6) is 0. The van der Waals surface area contributed by atoms with Gasteiger partial charge in [-0.25, -0.2) is 9.13 Å². The first-order chi connectivity index (χ1) is 5.27. The molecule has 0 saturated heterocycles. The third-order valence-corrected chi connectivity index (χ3v) is 1.58. The highest BCUT2D eigenvalue weighted by Gasteiger charge is 2.05. The zero-order valence-electron chi connectivity index (χ0n) is 6.73. The van der Waals surface area contributed by atoms with E-state index in [4.69, 9.17) is 5.21 Å². The summed E-state index contributed by atoms with van der Waals surface area (Å²) in [4.78, 5) is 0. The highest BCUT2D eigenvalue weighted by Crippen LogP contribution is 1.89. The first-order valence-corrected chi connectivity index (χ1v) is 3.50. The number of hydrogen-bond acceptors (Lipinski definition) is 2. The molecule has 0 fully saturated rings. The van der Waals surface area contributed by atoms with Crippen molar-refractivity contribution in [3.63, 3.8) is 0 Å². The van der Waals surface area contributed by atoms with Gasteiger partial charge in [0.2, 0.25) is 6.33 Å². The number of hydrogen-bond donors (Lipinski definition) is 1. The van der Waals surface area contributed by atoms with Gasteiger partial charge in [0.15, 0.2) is 5.69 Å². The number of aromatic nitrogens is 2. The maximum absolute atomic E-state index is 8.27. The molecule has 0 atom stereocenters. The lowest BCUT2D eigenvalue weighted by Crippen LogP contribution is -2.28. The van der Waals surface area contributed by atoms with Crippen molar-refractivity contribution >= 4 is 6.21 Å². The van der Waals surface area contributed by atoms with Gasteiger partial charge in [-0.15, -0.1) is 0 Å². The lowest BCUT2D eigenvalue weighted by atomic mass is 10.5. The van der Waals surface area contributed by atoms with Crippen LogP contribution in [0.15, 0.2) is 17.7 Å². The van der Waals surface area contributed by atoms with Gasteiger partial charge in [0.25, 0.3) is 0 Å². The molecule has 1 aromatic rings. The molecular weight excluding hydrogens is 142 g/mol. The van der Waals surface area contributed by atoms with Crippen molar-refractivity contribution < 1.29 is 9.77 Å². The van der Waals surface area contributed by atoms with E-state index in [1.807, 2.05) is 28.7 Å². The molecule has 0 bridgehead atoms. The van der Waals surface area contributed by atoms with Crippen LogP contribution in [0.4, 0.5) is 0 Å². The van der Waals surface area contributed by atoms with Gasteiger partial charge in [-0.2, -0.15) is 0 Å². The van der Waals surface area contributed by atoms with Crippen LogP contribution in [0.5, 0.6) is 0 Å². The molecule has 1 heterocycles. The minimum atomic E-state index is 0.884. The lowest BCUT2D eigenvalue weighted by molar-refractivity contribution is -0.693. The molecule has 0 aromatic carbocycles. The first-order valence-electron chi connectivity index (χ1n) is 3.50. The van der Waals surface area contributed by atoms with E-state index in [0.29, 0.717) is 0 Å². The second kappa shape index (κ2) is 3.18. The average Bonchev–Trinajstić information content (AvgIpc) is 2.33. The van der Waals surface area contributed by atoms with Gasteiger partial charge in [-0.3, -0.25) is 0 Å². The second-order valence-corrected chi connectivity index (χ2v) is 2.36. The van der Waals surface area contributed by atoms with Crippen LogP contribution in [0.3, 0.4) is 0 Å². The van der Waals surface area contributed by atoms with Crippen molar-refractivity contribution in [2.75, 3.05) is 0 Å². The maximum atomic E-state index is 8.27. The van der Waals surface area contributed by atoms with Crippen molar-refractivity contribution in [1.82, 2.24) is 4.57 Å². The lowest BCUT2D eigenvalue weighted by Gasteiger charge is -1.81. The molecule has 11 heavy (non-hydrogen) atoms. The fraction of sp³-hybridized carbons (Fsp3) is 0.429. The van der Waals surface area contributed by atoms with Crippen molar-refractivity contribution in [3.05, 3.63) is 18.2 Å². The van der Waals surface area contributed by atoms with E-state index in [2.05, 4.69) is 12.1 Å². The summed E-state index contributed by atoms with van der Waals surface area (Å²) in [6.07, 6.45) is 5.27. The second-order valence-electron chi connectivity index (χ2n) is 2.36. The minimum Gasteiger partial charge on any atom is -0.411 e. The Hall–Kier alpha value is -1.32. The van der Waals surface area contributed by atoms with Crippen molar-refractivity contribution in [2.45, 2.75) is 13.5 Å². The average molecular weight is 154 g/mol. The molecule has 60 valence electrons. The summed E-state index contributed by atoms with van der Waals surface area (Å²) in [5.41, 5.74) is 0.884. The smallest absolute Gasteiger partial charge is 0.244 e. The van der Waals surface area contributed by atoms with Gasteiger partial charge in [0.05, 0.1) is 13.6 Å². The van der Waals surface area contributed by atoms with Crippen LogP contribution in [0.1, 0.15) is 12.6 Å². The van der Waals surface area contributed by atoms with Crippen molar-refractivity contribution in [1.29, 1.82) is 0 Å². The topological polar surface area (TPSA) is 41.4 Å². The third kappa shape index (κ3) is 1.58. The number of nitrogens with zero attached hydrogens (tertiary/aromatic N) is 3. The Morgan fingerprint density at radius 2 is 2.55 bits per heavy atom. The molecule has 0 aliphatic heterocycles. The Balaban J connectivity index is 2.97. The molecule has 4 nitrogen and oxygen atoms in total. The van der Waals surface area contributed by atoms with Crippen molar-refractivity contribution in [2.24, 2.45) is 12.2 Å². The fourth-order valence-electron chi connectivity index (χ4n) is 0.940. The first kappa shape index (κ1) is 7.78. The normalized spacial score (nSPS) is 11.1. The van der Waals surface area contributed by atoms with Gasteiger partial charge in [0.1, 0.15) is 12.4 Å². The van der Waals surface area contributed by atoms with Gasteiger partial charge < -0.3 is 5.21 Å². The molecule has 1 N–H and O–H groups in total. The van der Waals surface area contributed by atoms with E-state index in [-0.39, 0.29) is 0 Å². The van der Waals surface area contributed by atoms with E-state index < -0.39 is 0 Å². The minimum absolute atomic E-state index is 0.884. The monoisotopic (exact) mass is 154 g/mol. The zero-order valence-corrected chi connectivity index (χ0v) is 6.73. The maximum Gasteiger partial charge on any atom is 0.244 e. The van der Waals surface area contributed by atoms with Crippen LogP contribution in [-0.2, 0) is 13.6 Å². The van der Waals surface area contributed by atoms with Crippen molar-refractivity contribution in [3.8, 4) is 0 Å². The fourth-order valence-corrected chi connectivity index (χ4v) is 0.940. The molecule has 0 saturated carbocycles. The molecule has 0 aliphatic carbocycles. The summed E-state index contributed by atoms with van der Waals surface area (Å²) in [6.45, 7) is 2.98. The molecule has 1 rings (SSSR count). The molecule has 0 unspecified atom stereocenters. The Bertz CT molecular complexity index is 265. The molecular formula is C7H12N3O+. The number of aryl methyl sites for hydroxylation is 2. The van der Waals surface area contributed by atoms with Crippen LogP contribution >= 0.6 is 0 Å². The molecule has 0 amide bonds. The Morgan fingerprint density at radius 3 is 3.00 bits per heavy atom. The van der Waals surface area contributed by atoms with E-state index in [0.717, 1.165) is 12.2 Å². The Morgan fingerprint density at radius 1 is 1.82 bits per heavy atom. The molecule has 0 aliphatic rings. The molecule has 0 radical (unpaired) electrons. The summed E-state index contributed by atoms with van der Waals surface area (Å²) in [5, 5.41) is 11.2. The predicted molar refractivity (Wildman–Crippen MR) is 40.7 cm³/mol. The molecule has 4 heteroatoms. The van der Waals surface area contributed by atoms with Crippen LogP contribution in [0, 0.1) is 0 Å². The number of imidazole rings is 1. The van der Waals surface area contributed by atoms with Gasteiger partial charge in [0, 0.05) is 0 Å². The number of rotatable bonds is 2. The molecule has 1 aromatic heterocycles. The summed E-state index contributed by atoms with van der Waals surface area (Å²) in [7, 11) is 1.91. The Labute approximate surface area is 65.4 Å². The highest BCUT2D eigenvalue weighted by molar-refractivity contribution is 5.75. The van der Waals surface area contributed by atoms with Crippen LogP contribution in [0.2, 0.25) is 0 Å². The predicted octanol–water partition coefficient (Wildman–Crippen LogP) is 0.141. The largest absolute Gasteiger partial charge is 0.411 e. The van der Waals surface area contributed by atoms with Gasteiger partial charge in [-0.05, 0) is 6.92 Å². The van der Waals surface area contributed by atoms with E-state index in [1.54, 1.807) is 0 Å². The quantitative estimate of drug-likeness (QED) is 0.280. The van der Waals surface area contributed by atoms with Gasteiger partial charge in [-0.1, -0.05) is 5.16 Å². The van der Waals surface area contributed by atoms with Crippen LogP contribution in [-0.4, -0.2) is 16.0 Å². The zero-order chi connectivity index (χ0) is 8.27. The third-order valence-electron chi connectivity index (χ3n) is 1.58. The van der Waals surface area contributed by atoms with Gasteiger partial charge >= 0.3 is 0 Å². The van der Waals surface area contributed by atoms with Crippen LogP contribution in [0.25, 0.3) is 0 Å². The van der Waals surface area contributed by atoms with Crippen LogP contribution < -0.4 is 4.57 Å². The number of oxime groups is 1. The van der Waals surface area contributed by atoms with E-state index >= 15 is 0 Å². The van der Waals surface area contributed by atoms with E-state index in [1.165, 1.54) is 6.21 Å². The molecule has 0 spiro atoms. The SMILES string of the molecule is CC[n+]1cc(/C=N/O)n(C)c1. The highest BCUT2D eigenvalue weighted by atomic mass is 16.4. The standard InChI is InChI=1S/C7H11N3O/c1-3-10-5-7(4-8-11)9(2)6-10/h4-6H,3H2,1-2H3/p+1/b8-4+.